The molecule has 0 spiro atoms. The number of halogens is 4. The Morgan fingerprint density at radius 3 is 2.63 bits per heavy atom. The molecule has 9 nitrogen and oxygen atoms in total. The lowest BCUT2D eigenvalue weighted by molar-refractivity contribution is 0.103. The Labute approximate surface area is 253 Å². The van der Waals surface area contributed by atoms with Crippen LogP contribution in [0.5, 0.6) is 11.6 Å². The second-order valence-corrected chi connectivity index (χ2v) is 12.5. The smallest absolute Gasteiger partial charge is 0.252 e. The standard InChI is InChI=1S/C29H29F3N6O3S.ClH/c1-17-6-7-20-21(8-9-23(30)25(20)38-42(39,40)16-18-14-29(18,31)32)26(17)41-27-22(5-3-12-34-27)24-10-13-35-28(37-24)36-19-4-2-11-33-15-19;/h3,5-10,12-13,18-19,33,38H,2,4,11,14-16H2,1H3,(H,35,36,37);1H/t18?,19-;/m0./s1. The van der Waals surface area contributed by atoms with Crippen LogP contribution >= 0.6 is 12.4 Å². The van der Waals surface area contributed by atoms with E-state index < -0.39 is 39.9 Å². The number of anilines is 2. The minimum absolute atomic E-state index is 0. The zero-order valence-corrected chi connectivity index (χ0v) is 24.7. The van der Waals surface area contributed by atoms with Crippen LogP contribution in [0.2, 0.25) is 0 Å². The van der Waals surface area contributed by atoms with E-state index in [9.17, 15) is 21.6 Å². The van der Waals surface area contributed by atoms with Gasteiger partial charge in [0.25, 0.3) is 5.92 Å². The number of alkyl halides is 2. The fraction of sp³-hybridized carbons (Fsp3) is 0.345. The molecule has 3 heterocycles. The van der Waals surface area contributed by atoms with E-state index >= 15 is 0 Å². The maximum absolute atomic E-state index is 15.0. The molecule has 1 saturated heterocycles. The third-order valence-corrected chi connectivity index (χ3v) is 8.82. The first-order valence-electron chi connectivity index (χ1n) is 13.6. The average Bonchev–Trinajstić information content (AvgIpc) is 3.56. The number of aryl methyl sites for hydroxylation is 1. The van der Waals surface area contributed by atoms with Gasteiger partial charge in [-0.3, -0.25) is 4.72 Å². The second-order valence-electron chi connectivity index (χ2n) is 10.7. The van der Waals surface area contributed by atoms with Crippen molar-refractivity contribution < 1.29 is 26.3 Å². The van der Waals surface area contributed by atoms with Crippen molar-refractivity contribution in [3.63, 3.8) is 0 Å². The van der Waals surface area contributed by atoms with Crippen LogP contribution in [-0.4, -0.2) is 54.2 Å². The summed E-state index contributed by atoms with van der Waals surface area (Å²) in [6.45, 7) is 3.61. The molecule has 0 amide bonds. The summed E-state index contributed by atoms with van der Waals surface area (Å²) in [6.07, 6.45) is 4.79. The summed E-state index contributed by atoms with van der Waals surface area (Å²) >= 11 is 0. The number of benzene rings is 2. The number of piperidine rings is 1. The van der Waals surface area contributed by atoms with Gasteiger partial charge in [-0.25, -0.2) is 36.5 Å². The fourth-order valence-electron chi connectivity index (χ4n) is 5.11. The van der Waals surface area contributed by atoms with E-state index in [1.54, 1.807) is 43.6 Å². The average molecular weight is 635 g/mol. The number of nitrogens with one attached hydrogen (secondary N) is 3. The third-order valence-electron chi connectivity index (χ3n) is 7.46. The Morgan fingerprint density at radius 1 is 1.09 bits per heavy atom. The zero-order valence-electron chi connectivity index (χ0n) is 23.1. The molecule has 2 fully saturated rings. The lowest BCUT2D eigenvalue weighted by atomic mass is 10.0. The SMILES string of the molecule is Cc1ccc2c(NS(=O)(=O)CC3CC3(F)F)c(F)ccc2c1Oc1ncccc1-c1ccnc(N[C@H]2CCCNC2)n1.Cl. The molecule has 1 aliphatic heterocycles. The number of sulfonamides is 1. The Kier molecular flexibility index (Phi) is 8.68. The van der Waals surface area contributed by atoms with E-state index in [4.69, 9.17) is 4.74 Å². The van der Waals surface area contributed by atoms with E-state index in [1.807, 2.05) is 6.07 Å². The predicted molar refractivity (Wildman–Crippen MR) is 161 cm³/mol. The zero-order chi connectivity index (χ0) is 29.5. The fourth-order valence-corrected chi connectivity index (χ4v) is 6.60. The highest BCUT2D eigenvalue weighted by Gasteiger charge is 2.58. The van der Waals surface area contributed by atoms with Crippen molar-refractivity contribution in [2.45, 2.75) is 38.2 Å². The van der Waals surface area contributed by atoms with Gasteiger partial charge < -0.3 is 15.4 Å². The van der Waals surface area contributed by atoms with Gasteiger partial charge in [-0.15, -0.1) is 12.4 Å². The highest BCUT2D eigenvalue weighted by molar-refractivity contribution is 7.92. The van der Waals surface area contributed by atoms with Crippen molar-refractivity contribution in [3.05, 3.63) is 66.2 Å². The van der Waals surface area contributed by atoms with Crippen LogP contribution in [0.15, 0.2) is 54.9 Å². The van der Waals surface area contributed by atoms with Crippen molar-refractivity contribution >= 4 is 44.8 Å². The lowest BCUT2D eigenvalue weighted by Crippen LogP contribution is -2.38. The highest BCUT2D eigenvalue weighted by atomic mass is 35.5. The molecule has 0 bridgehead atoms. The topological polar surface area (TPSA) is 118 Å². The number of pyridine rings is 1. The lowest BCUT2D eigenvalue weighted by Gasteiger charge is -2.23. The molecule has 2 atom stereocenters. The molecule has 228 valence electrons. The van der Waals surface area contributed by atoms with Crippen LogP contribution in [0.25, 0.3) is 22.0 Å². The van der Waals surface area contributed by atoms with Gasteiger partial charge in [0.15, 0.2) is 0 Å². The minimum Gasteiger partial charge on any atom is -0.437 e. The summed E-state index contributed by atoms with van der Waals surface area (Å²) in [4.78, 5) is 13.5. The maximum atomic E-state index is 15.0. The molecular weight excluding hydrogens is 605 g/mol. The number of aromatic nitrogens is 3. The molecular formula is C29H30ClF3N6O3S. The van der Waals surface area contributed by atoms with Crippen LogP contribution in [-0.2, 0) is 10.0 Å². The van der Waals surface area contributed by atoms with E-state index in [1.165, 1.54) is 6.07 Å². The first kappa shape index (κ1) is 30.8. The van der Waals surface area contributed by atoms with Gasteiger partial charge in [0.1, 0.15) is 11.6 Å². The van der Waals surface area contributed by atoms with E-state index in [2.05, 4.69) is 30.3 Å². The van der Waals surface area contributed by atoms with E-state index in [0.29, 0.717) is 33.9 Å². The molecule has 3 N–H and O–H groups in total. The predicted octanol–water partition coefficient (Wildman–Crippen LogP) is 5.91. The van der Waals surface area contributed by atoms with Crippen LogP contribution < -0.4 is 20.1 Å². The van der Waals surface area contributed by atoms with Crippen LogP contribution in [0.3, 0.4) is 0 Å². The number of hydrogen-bond acceptors (Lipinski definition) is 8. The summed E-state index contributed by atoms with van der Waals surface area (Å²) in [5.74, 6) is -4.88. The van der Waals surface area contributed by atoms with Gasteiger partial charge in [0.05, 0.1) is 22.7 Å². The molecule has 4 aromatic rings. The Bertz CT molecular complexity index is 1760. The molecule has 6 rings (SSSR count). The van der Waals surface area contributed by atoms with Gasteiger partial charge >= 0.3 is 0 Å². The second kappa shape index (κ2) is 12.1. The van der Waals surface area contributed by atoms with Gasteiger partial charge in [0.2, 0.25) is 21.9 Å². The summed E-state index contributed by atoms with van der Waals surface area (Å²) in [5, 5.41) is 7.35. The number of nitrogens with zero attached hydrogens (tertiary/aromatic N) is 3. The summed E-state index contributed by atoms with van der Waals surface area (Å²) in [7, 11) is -4.24. The molecule has 1 saturated carbocycles. The Hall–Kier alpha value is -3.68. The van der Waals surface area contributed by atoms with Crippen LogP contribution in [0, 0.1) is 18.7 Å². The van der Waals surface area contributed by atoms with Crippen molar-refractivity contribution in [2.75, 3.05) is 28.9 Å². The third kappa shape index (κ3) is 6.78. The molecule has 14 heteroatoms. The van der Waals surface area contributed by atoms with Crippen LogP contribution in [0.1, 0.15) is 24.8 Å². The molecule has 2 aliphatic rings. The van der Waals surface area contributed by atoms with Gasteiger partial charge in [0, 0.05) is 48.1 Å². The van der Waals surface area contributed by atoms with Gasteiger partial charge in [-0.05, 0) is 62.2 Å². The molecule has 43 heavy (non-hydrogen) atoms. The first-order valence-corrected chi connectivity index (χ1v) is 15.3. The number of ether oxygens (including phenoxy) is 1. The van der Waals surface area contributed by atoms with Crippen molar-refractivity contribution in [3.8, 4) is 22.9 Å². The minimum atomic E-state index is -4.24. The number of rotatable bonds is 9. The van der Waals surface area contributed by atoms with Gasteiger partial charge in [-0.2, -0.15) is 0 Å². The molecule has 1 aliphatic carbocycles. The summed E-state index contributed by atoms with van der Waals surface area (Å²) < 4.78 is 75.5. The molecule has 2 aromatic carbocycles. The van der Waals surface area contributed by atoms with Crippen molar-refractivity contribution in [1.82, 2.24) is 20.3 Å². The number of hydrogen-bond donors (Lipinski definition) is 3. The number of fused-ring (bicyclic) bond motifs is 1. The maximum Gasteiger partial charge on any atom is 0.252 e. The molecule has 2 aromatic heterocycles. The largest absolute Gasteiger partial charge is 0.437 e. The van der Waals surface area contributed by atoms with E-state index in [-0.39, 0.29) is 35.4 Å². The first-order chi connectivity index (χ1) is 20.1. The van der Waals surface area contributed by atoms with Crippen molar-refractivity contribution in [1.29, 1.82) is 0 Å². The monoisotopic (exact) mass is 634 g/mol. The van der Waals surface area contributed by atoms with Gasteiger partial charge in [-0.1, -0.05) is 12.1 Å². The molecule has 0 radical (unpaired) electrons. The Balaban J connectivity index is 0.00000368. The normalized spacial score (nSPS) is 19.3. The summed E-state index contributed by atoms with van der Waals surface area (Å²) in [5.41, 5.74) is 1.53. The van der Waals surface area contributed by atoms with Crippen LogP contribution in [0.4, 0.5) is 24.8 Å². The van der Waals surface area contributed by atoms with E-state index in [0.717, 1.165) is 32.0 Å². The highest BCUT2D eigenvalue weighted by Crippen LogP contribution is 2.49. The van der Waals surface area contributed by atoms with Crippen molar-refractivity contribution in [2.24, 2.45) is 5.92 Å². The molecule has 1 unspecified atom stereocenters. The quantitative estimate of drug-likeness (QED) is 0.208. The summed E-state index contributed by atoms with van der Waals surface area (Å²) in [6, 6.07) is 11.3. The Morgan fingerprint density at radius 2 is 1.88 bits per heavy atom.